The molecule has 0 radical (unpaired) electrons. The van der Waals surface area contributed by atoms with Crippen molar-refractivity contribution in [3.63, 3.8) is 0 Å². The summed E-state index contributed by atoms with van der Waals surface area (Å²) in [7, 11) is 1.45. The van der Waals surface area contributed by atoms with Crippen molar-refractivity contribution in [2.75, 3.05) is 12.1 Å². The van der Waals surface area contributed by atoms with Gasteiger partial charge in [0.1, 0.15) is 0 Å². The maximum atomic E-state index is 13.0. The van der Waals surface area contributed by atoms with Crippen molar-refractivity contribution in [3.05, 3.63) is 81.7 Å². The Kier molecular flexibility index (Phi) is 6.03. The van der Waals surface area contributed by atoms with Crippen LogP contribution < -0.4 is 14.5 Å². The SMILES string of the molecule is COc1cc(C=C2C(=O)N(c3cc(Cl)cc(Cl)c3)N=C2C)ccc1OC(=O)c1ccco1. The first-order valence-electron chi connectivity index (χ1n) is 9.37. The van der Waals surface area contributed by atoms with Crippen molar-refractivity contribution in [1.82, 2.24) is 0 Å². The topological polar surface area (TPSA) is 81.3 Å². The first kappa shape index (κ1) is 21.7. The van der Waals surface area contributed by atoms with E-state index >= 15 is 0 Å². The molecule has 0 unspecified atom stereocenters. The number of methoxy groups -OCH3 is 1. The van der Waals surface area contributed by atoms with Gasteiger partial charge in [-0.3, -0.25) is 4.79 Å². The summed E-state index contributed by atoms with van der Waals surface area (Å²) < 4.78 is 15.7. The van der Waals surface area contributed by atoms with Crippen LogP contribution in [0.1, 0.15) is 23.0 Å². The van der Waals surface area contributed by atoms with Crippen LogP contribution in [0.4, 0.5) is 5.69 Å². The highest BCUT2D eigenvalue weighted by Gasteiger charge is 2.29. The molecule has 7 nitrogen and oxygen atoms in total. The summed E-state index contributed by atoms with van der Waals surface area (Å²) in [5.74, 6) is -0.368. The number of rotatable bonds is 5. The summed E-state index contributed by atoms with van der Waals surface area (Å²) in [6.07, 6.45) is 3.06. The van der Waals surface area contributed by atoms with E-state index in [-0.39, 0.29) is 17.4 Å². The normalized spacial score (nSPS) is 14.6. The molecule has 1 aliphatic rings. The summed E-state index contributed by atoms with van der Waals surface area (Å²) in [5, 5.41) is 6.37. The van der Waals surface area contributed by atoms with Gasteiger partial charge in [-0.15, -0.1) is 0 Å². The van der Waals surface area contributed by atoms with Crippen molar-refractivity contribution in [2.45, 2.75) is 6.92 Å². The average Bonchev–Trinajstić information content (AvgIpc) is 3.38. The van der Waals surface area contributed by atoms with Crippen LogP contribution in [0, 0.1) is 0 Å². The average molecular weight is 471 g/mol. The van der Waals surface area contributed by atoms with E-state index in [1.54, 1.807) is 55.5 Å². The van der Waals surface area contributed by atoms with Gasteiger partial charge < -0.3 is 13.9 Å². The molecule has 2 aromatic carbocycles. The van der Waals surface area contributed by atoms with E-state index in [4.69, 9.17) is 37.1 Å². The van der Waals surface area contributed by atoms with E-state index in [9.17, 15) is 9.59 Å². The number of hydrogen-bond acceptors (Lipinski definition) is 6. The van der Waals surface area contributed by atoms with Crippen molar-refractivity contribution in [2.24, 2.45) is 5.10 Å². The third-order valence-corrected chi connectivity index (χ3v) is 5.01. The second-order valence-corrected chi connectivity index (χ2v) is 7.64. The van der Waals surface area contributed by atoms with Crippen LogP contribution in [0.25, 0.3) is 6.08 Å². The molecule has 2 heterocycles. The predicted octanol–water partition coefficient (Wildman–Crippen LogP) is 5.62. The number of esters is 1. The Bertz CT molecular complexity index is 1250. The fourth-order valence-electron chi connectivity index (χ4n) is 3.09. The third-order valence-electron chi connectivity index (χ3n) is 4.58. The van der Waals surface area contributed by atoms with E-state index in [1.165, 1.54) is 24.4 Å². The molecule has 1 aromatic heterocycles. The Hall–Kier alpha value is -3.55. The zero-order valence-corrected chi connectivity index (χ0v) is 18.5. The summed E-state index contributed by atoms with van der Waals surface area (Å²) >= 11 is 12.1. The Balaban J connectivity index is 1.60. The minimum absolute atomic E-state index is 0.0721. The number of anilines is 1. The van der Waals surface area contributed by atoms with E-state index < -0.39 is 5.97 Å². The maximum Gasteiger partial charge on any atom is 0.379 e. The lowest BCUT2D eigenvalue weighted by molar-refractivity contribution is -0.114. The molecule has 1 amide bonds. The van der Waals surface area contributed by atoms with Crippen molar-refractivity contribution in [1.29, 1.82) is 0 Å². The number of nitrogens with zero attached hydrogens (tertiary/aromatic N) is 2. The lowest BCUT2D eigenvalue weighted by Crippen LogP contribution is -2.21. The first-order chi connectivity index (χ1) is 15.4. The van der Waals surface area contributed by atoms with Crippen LogP contribution in [0.2, 0.25) is 10.0 Å². The van der Waals surface area contributed by atoms with E-state index in [2.05, 4.69) is 5.10 Å². The second kappa shape index (κ2) is 8.90. The Morgan fingerprint density at radius 1 is 1.09 bits per heavy atom. The molecule has 0 atom stereocenters. The van der Waals surface area contributed by atoms with Gasteiger partial charge in [-0.05, 0) is 61.0 Å². The highest BCUT2D eigenvalue weighted by molar-refractivity contribution is 6.36. The molecule has 4 rings (SSSR count). The number of halogens is 2. The molecular weight excluding hydrogens is 455 g/mol. The molecule has 0 aliphatic carbocycles. The number of hydrogen-bond donors (Lipinski definition) is 0. The molecule has 0 spiro atoms. The summed E-state index contributed by atoms with van der Waals surface area (Å²) in [6, 6.07) is 12.8. The summed E-state index contributed by atoms with van der Waals surface area (Å²) in [5.41, 5.74) is 2.04. The minimum atomic E-state index is -0.649. The van der Waals surface area contributed by atoms with Gasteiger partial charge in [0.25, 0.3) is 5.91 Å². The largest absolute Gasteiger partial charge is 0.493 e. The number of hydrazone groups is 1. The minimum Gasteiger partial charge on any atom is -0.493 e. The van der Waals surface area contributed by atoms with Crippen LogP contribution in [0.3, 0.4) is 0 Å². The van der Waals surface area contributed by atoms with Gasteiger partial charge in [0.05, 0.1) is 30.3 Å². The monoisotopic (exact) mass is 470 g/mol. The van der Waals surface area contributed by atoms with Gasteiger partial charge >= 0.3 is 5.97 Å². The van der Waals surface area contributed by atoms with Crippen molar-refractivity contribution >= 4 is 52.6 Å². The fraction of sp³-hybridized carbons (Fsp3) is 0.0870. The number of benzene rings is 2. The van der Waals surface area contributed by atoms with Gasteiger partial charge in [0.2, 0.25) is 5.76 Å². The molecule has 0 N–H and O–H groups in total. The third kappa shape index (κ3) is 4.39. The molecule has 9 heteroatoms. The Morgan fingerprint density at radius 2 is 1.84 bits per heavy atom. The number of carbonyl (C=O) groups is 2. The first-order valence-corrected chi connectivity index (χ1v) is 10.1. The van der Waals surface area contributed by atoms with Crippen LogP contribution in [-0.4, -0.2) is 24.7 Å². The van der Waals surface area contributed by atoms with Crippen LogP contribution in [-0.2, 0) is 4.79 Å². The van der Waals surface area contributed by atoms with E-state index in [0.717, 1.165) is 0 Å². The molecule has 0 fully saturated rings. The van der Waals surface area contributed by atoms with Crippen molar-refractivity contribution in [3.8, 4) is 11.5 Å². The fourth-order valence-corrected chi connectivity index (χ4v) is 3.61. The van der Waals surface area contributed by atoms with E-state index in [0.29, 0.717) is 38.3 Å². The van der Waals surface area contributed by atoms with Crippen LogP contribution in [0.5, 0.6) is 11.5 Å². The molecule has 32 heavy (non-hydrogen) atoms. The van der Waals surface area contributed by atoms with E-state index in [1.807, 2.05) is 0 Å². The Labute approximate surface area is 193 Å². The van der Waals surface area contributed by atoms with Gasteiger partial charge in [0, 0.05) is 10.0 Å². The number of furan rings is 1. The lowest BCUT2D eigenvalue weighted by atomic mass is 10.1. The second-order valence-electron chi connectivity index (χ2n) is 6.77. The van der Waals surface area contributed by atoms with Crippen molar-refractivity contribution < 1.29 is 23.5 Å². The quantitative estimate of drug-likeness (QED) is 0.274. The number of carbonyl (C=O) groups excluding carboxylic acids is 2. The van der Waals surface area contributed by atoms with Crippen LogP contribution >= 0.6 is 23.2 Å². The zero-order chi connectivity index (χ0) is 22.8. The Morgan fingerprint density at radius 3 is 2.50 bits per heavy atom. The van der Waals surface area contributed by atoms with Crippen LogP contribution in [0.15, 0.2) is 69.9 Å². The predicted molar refractivity (Wildman–Crippen MR) is 122 cm³/mol. The zero-order valence-electron chi connectivity index (χ0n) is 17.0. The molecule has 0 saturated heterocycles. The summed E-state index contributed by atoms with van der Waals surface area (Å²) in [4.78, 5) is 25.1. The maximum absolute atomic E-state index is 13.0. The molecule has 0 bridgehead atoms. The standard InChI is InChI=1S/C23H16Cl2N2O5/c1-13-18(22(28)27(26-13)17-11-15(24)10-16(25)12-17)8-14-5-6-19(21(9-14)30-2)32-23(29)20-4-3-7-31-20/h3-12H,1-2H3. The molecular formula is C23H16Cl2N2O5. The molecule has 0 saturated carbocycles. The molecule has 1 aliphatic heterocycles. The van der Waals surface area contributed by atoms with Gasteiger partial charge in [-0.25, -0.2) is 4.79 Å². The lowest BCUT2D eigenvalue weighted by Gasteiger charge is -2.12. The highest BCUT2D eigenvalue weighted by atomic mass is 35.5. The number of amides is 1. The number of ether oxygens (including phenoxy) is 2. The highest BCUT2D eigenvalue weighted by Crippen LogP contribution is 2.32. The molecule has 162 valence electrons. The van der Waals surface area contributed by atoms with Gasteiger partial charge in [-0.1, -0.05) is 29.3 Å². The smallest absolute Gasteiger partial charge is 0.379 e. The van der Waals surface area contributed by atoms with Gasteiger partial charge in [0.15, 0.2) is 11.5 Å². The van der Waals surface area contributed by atoms with Gasteiger partial charge in [-0.2, -0.15) is 10.1 Å². The summed E-state index contributed by atoms with van der Waals surface area (Å²) in [6.45, 7) is 1.73. The molecule has 3 aromatic rings.